The molecule has 0 aliphatic carbocycles. The molecule has 0 bridgehead atoms. The molecule has 29 heavy (non-hydrogen) atoms. The number of carbonyl (C=O) groups is 1. The summed E-state index contributed by atoms with van der Waals surface area (Å²) in [6, 6.07) is 11.2. The zero-order chi connectivity index (χ0) is 21.2. The highest BCUT2D eigenvalue weighted by Crippen LogP contribution is 2.31. The molecule has 1 atom stereocenters. The Balaban J connectivity index is 1.86. The summed E-state index contributed by atoms with van der Waals surface area (Å²) < 4.78 is 40.5. The maximum atomic E-state index is 13.2. The van der Waals surface area contributed by atoms with Gasteiger partial charge in [0.25, 0.3) is 5.91 Å². The number of sulfonamides is 1. The smallest absolute Gasteiger partial charge is 0.263 e. The summed E-state index contributed by atoms with van der Waals surface area (Å²) in [5, 5.41) is 12.2. The van der Waals surface area contributed by atoms with Gasteiger partial charge in [0, 0.05) is 28.4 Å². The second kappa shape index (κ2) is 8.41. The highest BCUT2D eigenvalue weighted by atomic mass is 32.2. The molecule has 2 aromatic rings. The van der Waals surface area contributed by atoms with Gasteiger partial charge >= 0.3 is 0 Å². The van der Waals surface area contributed by atoms with Crippen LogP contribution in [0, 0.1) is 5.82 Å². The third kappa shape index (κ3) is 4.62. The Hall–Kier alpha value is -1.98. The van der Waals surface area contributed by atoms with Gasteiger partial charge in [0.05, 0.1) is 4.90 Å². The van der Waals surface area contributed by atoms with E-state index in [-0.39, 0.29) is 17.3 Å². The molecule has 1 heterocycles. The minimum atomic E-state index is -3.97. The summed E-state index contributed by atoms with van der Waals surface area (Å²) in [5.41, 5.74) is 0.705. The number of hydrogen-bond donors (Lipinski definition) is 3. The van der Waals surface area contributed by atoms with Crippen LogP contribution in [0.5, 0.6) is 0 Å². The van der Waals surface area contributed by atoms with Gasteiger partial charge in [-0.2, -0.15) is 4.31 Å². The Kier molecular flexibility index (Phi) is 6.30. The van der Waals surface area contributed by atoms with E-state index < -0.39 is 27.5 Å². The van der Waals surface area contributed by atoms with Crippen molar-refractivity contribution in [3.8, 4) is 0 Å². The molecular weight excluding hydrogens is 417 g/mol. The van der Waals surface area contributed by atoms with Crippen LogP contribution < -0.4 is 10.8 Å². The third-order valence-electron chi connectivity index (χ3n) is 4.72. The van der Waals surface area contributed by atoms with E-state index in [1.807, 2.05) is 0 Å². The Morgan fingerprint density at radius 1 is 1.17 bits per heavy atom. The minimum Gasteiger partial charge on any atom is -0.308 e. The molecule has 1 fully saturated rings. The monoisotopic (exact) mass is 439 g/mol. The van der Waals surface area contributed by atoms with Crippen molar-refractivity contribution in [2.24, 2.45) is 0 Å². The van der Waals surface area contributed by atoms with Crippen LogP contribution in [-0.4, -0.2) is 48.5 Å². The first-order valence-electron chi connectivity index (χ1n) is 8.89. The summed E-state index contributed by atoms with van der Waals surface area (Å²) in [4.78, 5) is 13.9. The van der Waals surface area contributed by atoms with Crippen LogP contribution >= 0.6 is 11.8 Å². The molecule has 10 heteroatoms. The molecule has 156 valence electrons. The Labute approximate surface area is 173 Å². The fourth-order valence-corrected chi connectivity index (χ4v) is 5.84. The van der Waals surface area contributed by atoms with Crippen molar-refractivity contribution in [1.82, 2.24) is 15.1 Å². The fourth-order valence-electron chi connectivity index (χ4n) is 3.31. The van der Waals surface area contributed by atoms with Gasteiger partial charge < -0.3 is 5.32 Å². The average Bonchev–Trinajstić information content (AvgIpc) is 2.68. The molecule has 7 nitrogen and oxygen atoms in total. The number of nitrogens with zero attached hydrogens (tertiary/aromatic N) is 1. The second-order valence-corrected chi connectivity index (χ2v) is 10.2. The quantitative estimate of drug-likeness (QED) is 0.488. The minimum absolute atomic E-state index is 0.0504. The van der Waals surface area contributed by atoms with Crippen molar-refractivity contribution in [2.75, 3.05) is 13.1 Å². The Morgan fingerprint density at radius 2 is 1.72 bits per heavy atom. The van der Waals surface area contributed by atoms with E-state index in [1.165, 1.54) is 36.0 Å². The van der Waals surface area contributed by atoms with Gasteiger partial charge in [-0.3, -0.25) is 10.0 Å². The van der Waals surface area contributed by atoms with Crippen molar-refractivity contribution in [1.29, 1.82) is 0 Å². The van der Waals surface area contributed by atoms with Gasteiger partial charge in [0.2, 0.25) is 10.0 Å². The van der Waals surface area contributed by atoms with Crippen LogP contribution in [0.4, 0.5) is 4.39 Å². The SMILES string of the molecule is CC1(C)NCCN(S(=O)(=O)c2ccc(Sc3ccc(F)cc3)cc2)[C@H]1C(=O)NO. The average molecular weight is 440 g/mol. The number of piperazine rings is 1. The highest BCUT2D eigenvalue weighted by Gasteiger charge is 2.47. The summed E-state index contributed by atoms with van der Waals surface area (Å²) in [5.74, 6) is -1.12. The van der Waals surface area contributed by atoms with E-state index in [0.29, 0.717) is 6.54 Å². The zero-order valence-electron chi connectivity index (χ0n) is 15.9. The highest BCUT2D eigenvalue weighted by molar-refractivity contribution is 7.99. The van der Waals surface area contributed by atoms with E-state index in [4.69, 9.17) is 5.21 Å². The lowest BCUT2D eigenvalue weighted by atomic mass is 9.92. The second-order valence-electron chi connectivity index (χ2n) is 7.17. The van der Waals surface area contributed by atoms with Gasteiger partial charge in [-0.1, -0.05) is 11.8 Å². The van der Waals surface area contributed by atoms with Crippen LogP contribution in [0.25, 0.3) is 0 Å². The van der Waals surface area contributed by atoms with Crippen LogP contribution in [0.2, 0.25) is 0 Å². The first kappa shape index (κ1) is 21.7. The lowest BCUT2D eigenvalue weighted by Gasteiger charge is -2.44. The summed E-state index contributed by atoms with van der Waals surface area (Å²) >= 11 is 1.38. The molecule has 0 spiro atoms. The van der Waals surface area contributed by atoms with Gasteiger partial charge in [0.15, 0.2) is 0 Å². The lowest BCUT2D eigenvalue weighted by molar-refractivity contribution is -0.136. The van der Waals surface area contributed by atoms with Crippen molar-refractivity contribution in [2.45, 2.75) is 40.1 Å². The molecule has 0 radical (unpaired) electrons. The van der Waals surface area contributed by atoms with Gasteiger partial charge in [-0.25, -0.2) is 18.3 Å². The topological polar surface area (TPSA) is 98.7 Å². The van der Waals surface area contributed by atoms with E-state index in [9.17, 15) is 17.6 Å². The van der Waals surface area contributed by atoms with E-state index >= 15 is 0 Å². The maximum absolute atomic E-state index is 13.2. The predicted molar refractivity (Wildman–Crippen MR) is 107 cm³/mol. The van der Waals surface area contributed by atoms with Crippen LogP contribution in [0.15, 0.2) is 63.2 Å². The van der Waals surface area contributed by atoms with Crippen molar-refractivity contribution >= 4 is 27.7 Å². The van der Waals surface area contributed by atoms with E-state index in [0.717, 1.165) is 14.1 Å². The number of amides is 1. The Morgan fingerprint density at radius 3 is 2.28 bits per heavy atom. The van der Waals surface area contributed by atoms with E-state index in [1.54, 1.807) is 43.6 Å². The maximum Gasteiger partial charge on any atom is 0.263 e. The standard InChI is InChI=1S/C19H22FN3O4S2/c1-19(2)17(18(24)22-25)23(12-11-21-19)29(26,27)16-9-7-15(8-10-16)28-14-5-3-13(20)4-6-14/h3-10,17,21,25H,11-12H2,1-2H3,(H,22,24)/t17-/m0/s1. The van der Waals surface area contributed by atoms with E-state index in [2.05, 4.69) is 5.32 Å². The number of nitrogens with one attached hydrogen (secondary N) is 2. The first-order chi connectivity index (χ1) is 13.6. The summed E-state index contributed by atoms with van der Waals surface area (Å²) in [6.07, 6.45) is 0. The molecule has 3 N–H and O–H groups in total. The predicted octanol–water partition coefficient (Wildman–Crippen LogP) is 2.22. The van der Waals surface area contributed by atoms with Gasteiger partial charge in [-0.05, 0) is 62.4 Å². The molecule has 1 amide bonds. The molecule has 2 aromatic carbocycles. The van der Waals surface area contributed by atoms with Gasteiger partial charge in [0.1, 0.15) is 11.9 Å². The number of benzene rings is 2. The molecule has 0 unspecified atom stereocenters. The Bertz CT molecular complexity index is 980. The first-order valence-corrected chi connectivity index (χ1v) is 11.1. The molecule has 3 rings (SSSR count). The van der Waals surface area contributed by atoms with Gasteiger partial charge in [-0.15, -0.1) is 0 Å². The molecule has 0 aromatic heterocycles. The molecule has 1 aliphatic heterocycles. The third-order valence-corrected chi connectivity index (χ3v) is 7.62. The number of rotatable bonds is 5. The molecule has 1 aliphatic rings. The molecular formula is C19H22FN3O4S2. The van der Waals surface area contributed by atoms with Crippen LogP contribution in [0.3, 0.4) is 0 Å². The van der Waals surface area contributed by atoms with Crippen LogP contribution in [0.1, 0.15) is 13.8 Å². The lowest BCUT2D eigenvalue weighted by Crippen LogP contribution is -2.69. The fraction of sp³-hybridized carbons (Fsp3) is 0.316. The van der Waals surface area contributed by atoms with Crippen molar-refractivity contribution < 1.29 is 22.8 Å². The molecule has 0 saturated carbocycles. The number of hydroxylamine groups is 1. The number of hydrogen-bond acceptors (Lipinski definition) is 6. The zero-order valence-corrected chi connectivity index (χ0v) is 17.6. The summed E-state index contributed by atoms with van der Waals surface area (Å²) in [6.45, 7) is 3.88. The normalized spacial score (nSPS) is 19.7. The van der Waals surface area contributed by atoms with Crippen LogP contribution in [-0.2, 0) is 14.8 Å². The van der Waals surface area contributed by atoms with Crippen molar-refractivity contribution in [3.05, 3.63) is 54.3 Å². The summed E-state index contributed by atoms with van der Waals surface area (Å²) in [7, 11) is -3.97. The van der Waals surface area contributed by atoms with Crippen molar-refractivity contribution in [3.63, 3.8) is 0 Å². The number of carbonyl (C=O) groups excluding carboxylic acids is 1. The number of halogens is 1. The molecule has 1 saturated heterocycles. The largest absolute Gasteiger partial charge is 0.308 e.